The molecule has 128 valence electrons. The van der Waals surface area contributed by atoms with Crippen LogP contribution in [0.15, 0.2) is 18.2 Å². The van der Waals surface area contributed by atoms with Crippen molar-refractivity contribution in [3.8, 4) is 5.75 Å². The minimum Gasteiger partial charge on any atom is -0.491 e. The number of likely N-dealkylation sites (tertiary alicyclic amines) is 2. The molecule has 1 aromatic carbocycles. The third kappa shape index (κ3) is 4.69. The average Bonchev–Trinajstić information content (AvgIpc) is 3.14. The molecule has 2 atom stereocenters. The fourth-order valence-corrected chi connectivity index (χ4v) is 3.94. The predicted molar refractivity (Wildman–Crippen MR) is 93.1 cm³/mol. The van der Waals surface area contributed by atoms with Crippen molar-refractivity contribution in [1.29, 1.82) is 0 Å². The number of aliphatic hydroxyl groups is 1. The quantitative estimate of drug-likeness (QED) is 0.872. The van der Waals surface area contributed by atoms with Crippen molar-refractivity contribution in [1.82, 2.24) is 9.80 Å². The van der Waals surface area contributed by atoms with Gasteiger partial charge in [-0.25, -0.2) is 0 Å². The molecular formula is C19H30N2O2. The van der Waals surface area contributed by atoms with Crippen LogP contribution in [0.2, 0.25) is 0 Å². The first-order valence-electron chi connectivity index (χ1n) is 8.96. The lowest BCUT2D eigenvalue weighted by atomic mass is 10.1. The van der Waals surface area contributed by atoms with E-state index in [-0.39, 0.29) is 0 Å². The lowest BCUT2D eigenvalue weighted by molar-refractivity contribution is 0.0733. The number of aryl methyl sites for hydroxylation is 2. The molecule has 0 bridgehead atoms. The number of hydrogen-bond acceptors (Lipinski definition) is 4. The third-order valence-corrected chi connectivity index (χ3v) is 5.01. The Morgan fingerprint density at radius 1 is 1.13 bits per heavy atom. The van der Waals surface area contributed by atoms with Gasteiger partial charge in [-0.3, -0.25) is 9.80 Å². The molecule has 1 aromatic rings. The normalized spacial score (nSPS) is 24.2. The average molecular weight is 318 g/mol. The van der Waals surface area contributed by atoms with Gasteiger partial charge in [-0.15, -0.1) is 0 Å². The number of benzene rings is 1. The summed E-state index contributed by atoms with van der Waals surface area (Å²) in [6, 6.07) is 6.88. The Labute approximate surface area is 140 Å². The maximum Gasteiger partial charge on any atom is 0.119 e. The van der Waals surface area contributed by atoms with Crippen LogP contribution in [0, 0.1) is 13.8 Å². The molecule has 2 fully saturated rings. The summed E-state index contributed by atoms with van der Waals surface area (Å²) in [6.45, 7) is 9.94. The molecule has 0 aliphatic carbocycles. The maximum atomic E-state index is 10.3. The van der Waals surface area contributed by atoms with Crippen molar-refractivity contribution in [2.24, 2.45) is 0 Å². The summed E-state index contributed by atoms with van der Waals surface area (Å²) < 4.78 is 5.78. The molecular weight excluding hydrogens is 288 g/mol. The van der Waals surface area contributed by atoms with Crippen molar-refractivity contribution in [2.75, 3.05) is 39.3 Å². The Kier molecular flexibility index (Phi) is 5.57. The molecule has 0 saturated carbocycles. The summed E-state index contributed by atoms with van der Waals surface area (Å²) >= 11 is 0. The second-order valence-corrected chi connectivity index (χ2v) is 7.23. The standard InChI is InChI=1S/C19H30N2O2/c1-15-9-16(2)11-19(10-15)23-14-18(22)13-20-8-5-17(12-20)21-6-3-4-7-21/h9-11,17-18,22H,3-8,12-14H2,1-2H3. The van der Waals surface area contributed by atoms with E-state index >= 15 is 0 Å². The van der Waals surface area contributed by atoms with E-state index in [1.807, 2.05) is 12.1 Å². The van der Waals surface area contributed by atoms with E-state index in [1.54, 1.807) is 0 Å². The van der Waals surface area contributed by atoms with Gasteiger partial charge in [0.05, 0.1) is 0 Å². The van der Waals surface area contributed by atoms with Crippen molar-refractivity contribution in [3.05, 3.63) is 29.3 Å². The minimum atomic E-state index is -0.423. The molecule has 4 heteroatoms. The van der Waals surface area contributed by atoms with Crippen LogP contribution in [0.1, 0.15) is 30.4 Å². The van der Waals surface area contributed by atoms with Gasteiger partial charge >= 0.3 is 0 Å². The fraction of sp³-hybridized carbons (Fsp3) is 0.684. The highest BCUT2D eigenvalue weighted by Crippen LogP contribution is 2.21. The summed E-state index contributed by atoms with van der Waals surface area (Å²) in [5, 5.41) is 10.3. The molecule has 1 N–H and O–H groups in total. The largest absolute Gasteiger partial charge is 0.491 e. The Hall–Kier alpha value is -1.10. The Bertz CT molecular complexity index is 494. The lowest BCUT2D eigenvalue weighted by Gasteiger charge is -2.24. The third-order valence-electron chi connectivity index (χ3n) is 5.01. The van der Waals surface area contributed by atoms with Crippen molar-refractivity contribution < 1.29 is 9.84 Å². The van der Waals surface area contributed by atoms with E-state index in [0.717, 1.165) is 25.4 Å². The Morgan fingerprint density at radius 2 is 1.83 bits per heavy atom. The van der Waals surface area contributed by atoms with E-state index in [0.29, 0.717) is 12.6 Å². The zero-order chi connectivity index (χ0) is 16.2. The number of hydrogen-bond donors (Lipinski definition) is 1. The molecule has 2 saturated heterocycles. The summed E-state index contributed by atoms with van der Waals surface area (Å²) in [6.07, 6.45) is 3.52. The second kappa shape index (κ2) is 7.65. The highest BCUT2D eigenvalue weighted by Gasteiger charge is 2.29. The number of rotatable bonds is 6. The van der Waals surface area contributed by atoms with E-state index in [9.17, 15) is 5.11 Å². The zero-order valence-electron chi connectivity index (χ0n) is 14.5. The first-order valence-corrected chi connectivity index (χ1v) is 8.96. The van der Waals surface area contributed by atoms with Gasteiger partial charge in [0.15, 0.2) is 0 Å². The van der Waals surface area contributed by atoms with E-state index in [4.69, 9.17) is 4.74 Å². The Balaban J connectivity index is 1.41. The molecule has 0 spiro atoms. The molecule has 2 aliphatic rings. The second-order valence-electron chi connectivity index (χ2n) is 7.23. The van der Waals surface area contributed by atoms with Crippen LogP contribution in [0.4, 0.5) is 0 Å². The minimum absolute atomic E-state index is 0.369. The van der Waals surface area contributed by atoms with Gasteiger partial charge in [-0.2, -0.15) is 0 Å². The molecule has 4 nitrogen and oxygen atoms in total. The van der Waals surface area contributed by atoms with Crippen LogP contribution in [-0.2, 0) is 0 Å². The number of ether oxygens (including phenoxy) is 1. The van der Waals surface area contributed by atoms with Gasteiger partial charge in [0.1, 0.15) is 18.5 Å². The van der Waals surface area contributed by atoms with Gasteiger partial charge in [0.25, 0.3) is 0 Å². The van der Waals surface area contributed by atoms with Crippen molar-refractivity contribution >= 4 is 0 Å². The zero-order valence-corrected chi connectivity index (χ0v) is 14.5. The summed E-state index contributed by atoms with van der Waals surface area (Å²) in [5.41, 5.74) is 2.39. The predicted octanol–water partition coefficient (Wildman–Crippen LogP) is 2.21. The molecule has 0 aromatic heterocycles. The summed E-state index contributed by atoms with van der Waals surface area (Å²) in [5.74, 6) is 0.859. The van der Waals surface area contributed by atoms with Gasteiger partial charge < -0.3 is 9.84 Å². The van der Waals surface area contributed by atoms with Crippen LogP contribution in [0.3, 0.4) is 0 Å². The molecule has 23 heavy (non-hydrogen) atoms. The van der Waals surface area contributed by atoms with Gasteiger partial charge in [0.2, 0.25) is 0 Å². The summed E-state index contributed by atoms with van der Waals surface area (Å²) in [4.78, 5) is 5.01. The number of nitrogens with zero attached hydrogens (tertiary/aromatic N) is 2. The molecule has 2 aliphatic heterocycles. The highest BCUT2D eigenvalue weighted by molar-refractivity contribution is 5.32. The van der Waals surface area contributed by atoms with Crippen LogP contribution in [0.25, 0.3) is 0 Å². The van der Waals surface area contributed by atoms with E-state index < -0.39 is 6.10 Å². The number of β-amino-alcohol motifs (C(OH)–C–C–N with tert-alkyl or cyclic N) is 1. The molecule has 2 heterocycles. The molecule has 0 radical (unpaired) electrons. The number of aliphatic hydroxyl groups excluding tert-OH is 1. The highest BCUT2D eigenvalue weighted by atomic mass is 16.5. The van der Waals surface area contributed by atoms with Gasteiger partial charge in [-0.1, -0.05) is 6.07 Å². The maximum absolute atomic E-state index is 10.3. The first-order chi connectivity index (χ1) is 11.1. The SMILES string of the molecule is Cc1cc(C)cc(OCC(O)CN2CCC(N3CCCC3)C2)c1. The van der Waals surface area contributed by atoms with Crippen molar-refractivity contribution in [3.63, 3.8) is 0 Å². The lowest BCUT2D eigenvalue weighted by Crippen LogP contribution is -2.38. The fourth-order valence-electron chi connectivity index (χ4n) is 3.94. The van der Waals surface area contributed by atoms with Crippen LogP contribution in [-0.4, -0.2) is 66.4 Å². The monoisotopic (exact) mass is 318 g/mol. The first kappa shape index (κ1) is 16.7. The summed E-state index contributed by atoms with van der Waals surface area (Å²) in [7, 11) is 0. The van der Waals surface area contributed by atoms with Crippen molar-refractivity contribution in [2.45, 2.75) is 45.3 Å². The van der Waals surface area contributed by atoms with Gasteiger partial charge in [0, 0.05) is 19.1 Å². The van der Waals surface area contributed by atoms with Crippen LogP contribution in [0.5, 0.6) is 5.75 Å². The van der Waals surface area contributed by atoms with Gasteiger partial charge in [-0.05, 0) is 76.0 Å². The molecule has 0 amide bonds. The van der Waals surface area contributed by atoms with E-state index in [1.165, 1.54) is 43.5 Å². The molecule has 3 rings (SSSR count). The van der Waals surface area contributed by atoms with Crippen LogP contribution < -0.4 is 4.74 Å². The van der Waals surface area contributed by atoms with Crippen LogP contribution >= 0.6 is 0 Å². The molecule has 2 unspecified atom stereocenters. The smallest absolute Gasteiger partial charge is 0.119 e. The van der Waals surface area contributed by atoms with E-state index in [2.05, 4.69) is 29.7 Å². The Morgan fingerprint density at radius 3 is 2.52 bits per heavy atom. The topological polar surface area (TPSA) is 35.9 Å².